The van der Waals surface area contributed by atoms with E-state index in [0.717, 1.165) is 17.7 Å². The van der Waals surface area contributed by atoms with Crippen molar-refractivity contribution in [3.63, 3.8) is 0 Å². The number of anilines is 1. The normalized spacial score (nSPS) is 19.0. The SMILES string of the molecule is CN(C)c1ccnc(C(=O)N[C@@]2(C#N)CCc3ccccc3C2)c1. The van der Waals surface area contributed by atoms with Gasteiger partial charge in [0.05, 0.1) is 6.07 Å². The molecule has 5 nitrogen and oxygen atoms in total. The lowest BCUT2D eigenvalue weighted by atomic mass is 9.78. The minimum atomic E-state index is -0.874. The molecule has 1 aliphatic carbocycles. The molecule has 5 heteroatoms. The average molecular weight is 320 g/mol. The molecule has 1 heterocycles. The van der Waals surface area contributed by atoms with Crippen molar-refractivity contribution in [2.24, 2.45) is 0 Å². The fourth-order valence-corrected chi connectivity index (χ4v) is 3.07. The van der Waals surface area contributed by atoms with Gasteiger partial charge < -0.3 is 10.2 Å². The lowest BCUT2D eigenvalue weighted by Gasteiger charge is -2.33. The summed E-state index contributed by atoms with van der Waals surface area (Å²) in [5, 5.41) is 12.6. The van der Waals surface area contributed by atoms with Crippen molar-refractivity contribution in [1.82, 2.24) is 10.3 Å². The summed E-state index contributed by atoms with van der Waals surface area (Å²) in [4.78, 5) is 18.7. The van der Waals surface area contributed by atoms with Crippen LogP contribution < -0.4 is 10.2 Å². The summed E-state index contributed by atoms with van der Waals surface area (Å²) in [5.41, 5.74) is 2.73. The van der Waals surface area contributed by atoms with Crippen molar-refractivity contribution in [3.05, 3.63) is 59.4 Å². The fraction of sp³-hybridized carbons (Fsp3) is 0.316. The van der Waals surface area contributed by atoms with Crippen LogP contribution in [0.25, 0.3) is 0 Å². The van der Waals surface area contributed by atoms with Gasteiger partial charge in [0.25, 0.3) is 5.91 Å². The number of nitriles is 1. The van der Waals surface area contributed by atoms with Gasteiger partial charge in [0.1, 0.15) is 11.2 Å². The zero-order valence-corrected chi connectivity index (χ0v) is 13.9. The Morgan fingerprint density at radius 2 is 2.04 bits per heavy atom. The Balaban J connectivity index is 1.83. The highest BCUT2D eigenvalue weighted by molar-refractivity contribution is 5.94. The molecule has 0 spiro atoms. The molecule has 1 amide bonds. The van der Waals surface area contributed by atoms with Gasteiger partial charge >= 0.3 is 0 Å². The minimum Gasteiger partial charge on any atom is -0.378 e. The van der Waals surface area contributed by atoms with Crippen LogP contribution in [-0.2, 0) is 12.8 Å². The number of nitrogens with zero attached hydrogens (tertiary/aromatic N) is 3. The van der Waals surface area contributed by atoms with Crippen LogP contribution in [0.15, 0.2) is 42.6 Å². The molecule has 0 aliphatic heterocycles. The van der Waals surface area contributed by atoms with E-state index in [2.05, 4.69) is 22.4 Å². The minimum absolute atomic E-state index is 0.306. The van der Waals surface area contributed by atoms with Crippen LogP contribution in [0.2, 0.25) is 0 Å². The average Bonchev–Trinajstić information content (AvgIpc) is 2.61. The maximum Gasteiger partial charge on any atom is 0.271 e. The van der Waals surface area contributed by atoms with Crippen LogP contribution in [0.1, 0.15) is 28.0 Å². The third-order valence-corrected chi connectivity index (χ3v) is 4.49. The number of carbonyl (C=O) groups is 1. The predicted octanol–water partition coefficient (Wildman–Crippen LogP) is 2.33. The van der Waals surface area contributed by atoms with E-state index in [1.54, 1.807) is 12.3 Å². The molecule has 0 bridgehead atoms. The van der Waals surface area contributed by atoms with E-state index in [1.165, 1.54) is 5.56 Å². The van der Waals surface area contributed by atoms with Crippen molar-refractivity contribution < 1.29 is 4.79 Å². The van der Waals surface area contributed by atoms with E-state index in [-0.39, 0.29) is 5.91 Å². The maximum absolute atomic E-state index is 12.6. The lowest BCUT2D eigenvalue weighted by molar-refractivity contribution is 0.0908. The number of amides is 1. The first-order valence-corrected chi connectivity index (χ1v) is 7.97. The number of rotatable bonds is 3. The summed E-state index contributed by atoms with van der Waals surface area (Å²) in [6, 6.07) is 14.0. The molecule has 1 N–H and O–H groups in total. The first-order valence-electron chi connectivity index (χ1n) is 7.97. The second-order valence-electron chi connectivity index (χ2n) is 6.39. The summed E-state index contributed by atoms with van der Waals surface area (Å²) >= 11 is 0. The van der Waals surface area contributed by atoms with E-state index in [9.17, 15) is 10.1 Å². The quantitative estimate of drug-likeness (QED) is 0.942. The molecule has 0 radical (unpaired) electrons. The molecule has 0 unspecified atom stereocenters. The van der Waals surface area contributed by atoms with E-state index in [1.807, 2.05) is 43.3 Å². The molecule has 2 aromatic rings. The third kappa shape index (κ3) is 3.09. The van der Waals surface area contributed by atoms with Crippen molar-refractivity contribution in [2.45, 2.75) is 24.8 Å². The molecule has 1 aliphatic rings. The Labute approximate surface area is 141 Å². The molecule has 122 valence electrons. The van der Waals surface area contributed by atoms with Crippen molar-refractivity contribution in [2.75, 3.05) is 19.0 Å². The molecule has 1 atom stereocenters. The monoisotopic (exact) mass is 320 g/mol. The molecule has 1 aromatic heterocycles. The second kappa shape index (κ2) is 6.32. The van der Waals surface area contributed by atoms with E-state index in [4.69, 9.17) is 0 Å². The van der Waals surface area contributed by atoms with Gasteiger partial charge in [-0.05, 0) is 36.1 Å². The standard InChI is InChI=1S/C19H20N4O/c1-23(2)16-8-10-21-17(11-16)18(24)22-19(13-20)9-7-14-5-3-4-6-15(14)12-19/h3-6,8,10-11H,7,9,12H2,1-2H3,(H,22,24)/t19-/m0/s1. The van der Waals surface area contributed by atoms with Crippen LogP contribution in [0, 0.1) is 11.3 Å². The molecule has 24 heavy (non-hydrogen) atoms. The van der Waals surface area contributed by atoms with E-state index in [0.29, 0.717) is 18.5 Å². The van der Waals surface area contributed by atoms with Crippen molar-refractivity contribution >= 4 is 11.6 Å². The van der Waals surface area contributed by atoms with Gasteiger partial charge in [-0.1, -0.05) is 24.3 Å². The number of pyridine rings is 1. The smallest absolute Gasteiger partial charge is 0.271 e. The van der Waals surface area contributed by atoms with Crippen LogP contribution in [0.4, 0.5) is 5.69 Å². The topological polar surface area (TPSA) is 69.0 Å². The highest BCUT2D eigenvalue weighted by atomic mass is 16.2. The highest BCUT2D eigenvalue weighted by Crippen LogP contribution is 2.28. The Morgan fingerprint density at radius 1 is 1.29 bits per heavy atom. The number of hydrogen-bond donors (Lipinski definition) is 1. The molecule has 0 saturated heterocycles. The van der Waals surface area contributed by atoms with Crippen LogP contribution in [0.5, 0.6) is 0 Å². The molecular formula is C19H20N4O. The number of nitrogens with one attached hydrogen (secondary N) is 1. The Hall–Kier alpha value is -2.87. The summed E-state index contributed by atoms with van der Waals surface area (Å²) in [7, 11) is 3.82. The second-order valence-corrected chi connectivity index (χ2v) is 6.39. The number of fused-ring (bicyclic) bond motifs is 1. The van der Waals surface area contributed by atoms with Crippen LogP contribution in [-0.4, -0.2) is 30.5 Å². The van der Waals surface area contributed by atoms with Gasteiger partial charge in [-0.3, -0.25) is 9.78 Å². The van der Waals surface area contributed by atoms with Gasteiger partial charge in [0, 0.05) is 32.4 Å². The zero-order valence-electron chi connectivity index (χ0n) is 13.9. The number of aryl methyl sites for hydroxylation is 1. The summed E-state index contributed by atoms with van der Waals surface area (Å²) in [5.74, 6) is -0.306. The summed E-state index contributed by atoms with van der Waals surface area (Å²) in [6.07, 6.45) is 3.53. The van der Waals surface area contributed by atoms with Crippen molar-refractivity contribution in [3.8, 4) is 6.07 Å². The Morgan fingerprint density at radius 3 is 2.75 bits per heavy atom. The number of carbonyl (C=O) groups excluding carboxylic acids is 1. The van der Waals surface area contributed by atoms with Gasteiger partial charge in [-0.15, -0.1) is 0 Å². The van der Waals surface area contributed by atoms with E-state index >= 15 is 0 Å². The summed E-state index contributed by atoms with van der Waals surface area (Å²) < 4.78 is 0. The van der Waals surface area contributed by atoms with Crippen molar-refractivity contribution in [1.29, 1.82) is 5.26 Å². The number of hydrogen-bond acceptors (Lipinski definition) is 4. The largest absolute Gasteiger partial charge is 0.378 e. The zero-order chi connectivity index (χ0) is 17.2. The fourth-order valence-electron chi connectivity index (χ4n) is 3.07. The number of benzene rings is 1. The van der Waals surface area contributed by atoms with Gasteiger partial charge in [0.2, 0.25) is 0 Å². The molecule has 0 fully saturated rings. The van der Waals surface area contributed by atoms with Crippen LogP contribution in [0.3, 0.4) is 0 Å². The predicted molar refractivity (Wildman–Crippen MR) is 92.8 cm³/mol. The van der Waals surface area contributed by atoms with Crippen LogP contribution >= 0.6 is 0 Å². The maximum atomic E-state index is 12.6. The summed E-state index contributed by atoms with van der Waals surface area (Å²) in [6.45, 7) is 0. The Bertz CT molecular complexity index is 809. The molecule has 3 rings (SSSR count). The highest BCUT2D eigenvalue weighted by Gasteiger charge is 2.36. The first-order chi connectivity index (χ1) is 11.5. The molecule has 1 aromatic carbocycles. The van der Waals surface area contributed by atoms with Gasteiger partial charge in [-0.25, -0.2) is 0 Å². The third-order valence-electron chi connectivity index (χ3n) is 4.49. The lowest BCUT2D eigenvalue weighted by Crippen LogP contribution is -2.51. The number of aromatic nitrogens is 1. The molecular weight excluding hydrogens is 300 g/mol. The first kappa shape index (κ1) is 16.0. The van der Waals surface area contributed by atoms with Gasteiger partial charge in [-0.2, -0.15) is 5.26 Å². The van der Waals surface area contributed by atoms with E-state index < -0.39 is 5.54 Å². The molecule has 0 saturated carbocycles. The van der Waals surface area contributed by atoms with Gasteiger partial charge in [0.15, 0.2) is 0 Å². The Kier molecular flexibility index (Phi) is 4.22.